The highest BCUT2D eigenvalue weighted by atomic mass is 32.2. The predicted octanol–water partition coefficient (Wildman–Crippen LogP) is 2.59. The van der Waals surface area contributed by atoms with Crippen molar-refractivity contribution in [3.05, 3.63) is 52.8 Å². The summed E-state index contributed by atoms with van der Waals surface area (Å²) in [5.74, 6) is -0.388. The smallest absolute Gasteiger partial charge is 0.304 e. The van der Waals surface area contributed by atoms with Crippen molar-refractivity contribution in [3.63, 3.8) is 0 Å². The molecule has 2 aromatic heterocycles. The van der Waals surface area contributed by atoms with E-state index in [-0.39, 0.29) is 11.7 Å². The van der Waals surface area contributed by atoms with Gasteiger partial charge in [0.1, 0.15) is 0 Å². The SMILES string of the molecule is Cc1ccc(C2=Nn3c(nnc3-n3nc(C)cc3C)SC2CC(=O)O)cc1. The molecule has 1 aliphatic heterocycles. The quantitative estimate of drug-likeness (QED) is 0.745. The van der Waals surface area contributed by atoms with Crippen LogP contribution in [-0.4, -0.2) is 46.7 Å². The lowest BCUT2D eigenvalue weighted by molar-refractivity contribution is -0.136. The summed E-state index contributed by atoms with van der Waals surface area (Å²) >= 11 is 1.36. The molecule has 27 heavy (non-hydrogen) atoms. The number of hydrogen-bond acceptors (Lipinski definition) is 6. The van der Waals surface area contributed by atoms with Gasteiger partial charge in [0, 0.05) is 5.69 Å². The highest BCUT2D eigenvalue weighted by Crippen LogP contribution is 2.33. The van der Waals surface area contributed by atoms with Crippen molar-refractivity contribution in [2.75, 3.05) is 0 Å². The summed E-state index contributed by atoms with van der Waals surface area (Å²) in [6.07, 6.45) is -0.0422. The minimum atomic E-state index is -0.876. The maximum atomic E-state index is 11.4. The number of aryl methyl sites for hydroxylation is 3. The molecule has 1 aromatic carbocycles. The average Bonchev–Trinajstić information content (AvgIpc) is 3.16. The topological polar surface area (TPSA) is 98.2 Å². The van der Waals surface area contributed by atoms with E-state index in [0.717, 1.165) is 22.5 Å². The van der Waals surface area contributed by atoms with Crippen molar-refractivity contribution in [2.24, 2.45) is 5.10 Å². The molecule has 1 atom stereocenters. The number of hydrogen-bond donors (Lipinski definition) is 1. The highest BCUT2D eigenvalue weighted by Gasteiger charge is 2.31. The van der Waals surface area contributed by atoms with Crippen LogP contribution in [-0.2, 0) is 4.79 Å². The highest BCUT2D eigenvalue weighted by molar-refractivity contribution is 8.00. The lowest BCUT2D eigenvalue weighted by Crippen LogP contribution is -2.27. The van der Waals surface area contributed by atoms with Gasteiger partial charge in [0.2, 0.25) is 5.16 Å². The summed E-state index contributed by atoms with van der Waals surface area (Å²) in [7, 11) is 0. The molecular weight excluding hydrogens is 364 g/mol. The Morgan fingerprint density at radius 1 is 1.19 bits per heavy atom. The van der Waals surface area contributed by atoms with Gasteiger partial charge in [-0.05, 0) is 32.4 Å². The first kappa shape index (κ1) is 17.5. The van der Waals surface area contributed by atoms with Gasteiger partial charge in [0.25, 0.3) is 5.95 Å². The summed E-state index contributed by atoms with van der Waals surface area (Å²) in [6, 6.07) is 9.85. The Morgan fingerprint density at radius 2 is 1.93 bits per heavy atom. The van der Waals surface area contributed by atoms with E-state index in [4.69, 9.17) is 5.10 Å². The fourth-order valence-corrected chi connectivity index (χ4v) is 4.09. The van der Waals surface area contributed by atoms with Crippen LogP contribution >= 0.6 is 11.8 Å². The molecule has 3 heterocycles. The molecule has 0 saturated heterocycles. The maximum absolute atomic E-state index is 11.4. The molecule has 1 N–H and O–H groups in total. The van der Waals surface area contributed by atoms with E-state index >= 15 is 0 Å². The molecule has 1 unspecified atom stereocenters. The number of carbonyl (C=O) groups is 1. The van der Waals surface area contributed by atoms with Crippen molar-refractivity contribution >= 4 is 23.4 Å². The van der Waals surface area contributed by atoms with Crippen LogP contribution in [0.1, 0.15) is 28.9 Å². The summed E-state index contributed by atoms with van der Waals surface area (Å²) in [6.45, 7) is 5.86. The lowest BCUT2D eigenvalue weighted by atomic mass is 10.0. The monoisotopic (exact) mass is 382 g/mol. The van der Waals surface area contributed by atoms with E-state index in [1.807, 2.05) is 51.1 Å². The molecule has 0 aliphatic carbocycles. The Hall–Kier alpha value is -2.94. The third-order valence-electron chi connectivity index (χ3n) is 4.26. The summed E-state index contributed by atoms with van der Waals surface area (Å²) in [4.78, 5) is 11.4. The normalized spacial score (nSPS) is 16.1. The Labute approximate surface area is 159 Å². The minimum Gasteiger partial charge on any atom is -0.481 e. The molecule has 8 nitrogen and oxygen atoms in total. The predicted molar refractivity (Wildman–Crippen MR) is 102 cm³/mol. The van der Waals surface area contributed by atoms with Crippen LogP contribution in [0.25, 0.3) is 5.95 Å². The van der Waals surface area contributed by atoms with Crippen LogP contribution in [0.3, 0.4) is 0 Å². The molecule has 0 saturated carbocycles. The van der Waals surface area contributed by atoms with E-state index in [0.29, 0.717) is 16.8 Å². The first-order valence-corrected chi connectivity index (χ1v) is 9.34. The Bertz CT molecular complexity index is 1050. The Kier molecular flexibility index (Phi) is 4.31. The Morgan fingerprint density at radius 3 is 2.56 bits per heavy atom. The molecular formula is C18H18N6O2S. The number of rotatable bonds is 4. The maximum Gasteiger partial charge on any atom is 0.304 e. The summed E-state index contributed by atoms with van der Waals surface area (Å²) < 4.78 is 3.33. The molecule has 0 radical (unpaired) electrons. The lowest BCUT2D eigenvalue weighted by Gasteiger charge is -2.22. The summed E-state index contributed by atoms with van der Waals surface area (Å²) in [5.41, 5.74) is 4.51. The number of fused-ring (bicyclic) bond motifs is 1. The fraction of sp³-hybridized carbons (Fsp3) is 0.278. The van der Waals surface area contributed by atoms with Crippen molar-refractivity contribution in [1.29, 1.82) is 0 Å². The van der Waals surface area contributed by atoms with Crippen LogP contribution in [0, 0.1) is 20.8 Å². The number of nitrogens with zero attached hydrogens (tertiary/aromatic N) is 6. The van der Waals surface area contributed by atoms with Gasteiger partial charge >= 0.3 is 5.97 Å². The van der Waals surface area contributed by atoms with E-state index in [9.17, 15) is 9.90 Å². The molecule has 0 spiro atoms. The van der Waals surface area contributed by atoms with Crippen LogP contribution in [0.2, 0.25) is 0 Å². The van der Waals surface area contributed by atoms with Crippen molar-refractivity contribution < 1.29 is 9.90 Å². The number of carboxylic acid groups (broad SMARTS) is 1. The van der Waals surface area contributed by atoms with Gasteiger partial charge in [0.05, 0.1) is 23.1 Å². The first-order valence-electron chi connectivity index (χ1n) is 8.46. The second kappa shape index (κ2) is 6.66. The second-order valence-electron chi connectivity index (χ2n) is 6.49. The van der Waals surface area contributed by atoms with Gasteiger partial charge in [0.15, 0.2) is 0 Å². The molecule has 0 fully saturated rings. The van der Waals surface area contributed by atoms with Crippen molar-refractivity contribution in [2.45, 2.75) is 37.6 Å². The van der Waals surface area contributed by atoms with Crippen LogP contribution < -0.4 is 0 Å². The van der Waals surface area contributed by atoms with Gasteiger partial charge in [-0.2, -0.15) is 14.9 Å². The van der Waals surface area contributed by atoms with E-state index in [2.05, 4.69) is 15.3 Å². The molecule has 0 amide bonds. The average molecular weight is 382 g/mol. The third-order valence-corrected chi connectivity index (χ3v) is 5.40. The van der Waals surface area contributed by atoms with Crippen LogP contribution in [0.4, 0.5) is 0 Å². The van der Waals surface area contributed by atoms with E-state index < -0.39 is 5.97 Å². The third kappa shape index (κ3) is 3.25. The Balaban J connectivity index is 1.84. The van der Waals surface area contributed by atoms with Gasteiger partial charge in [-0.3, -0.25) is 4.79 Å². The van der Waals surface area contributed by atoms with Gasteiger partial charge < -0.3 is 5.11 Å². The number of aliphatic carboxylic acids is 1. The van der Waals surface area contributed by atoms with Gasteiger partial charge in [-0.1, -0.05) is 41.6 Å². The molecule has 1 aliphatic rings. The molecule has 4 rings (SSSR count). The number of carboxylic acids is 1. The van der Waals surface area contributed by atoms with Crippen molar-refractivity contribution in [1.82, 2.24) is 24.7 Å². The molecule has 9 heteroatoms. The number of thioether (sulfide) groups is 1. The second-order valence-corrected chi connectivity index (χ2v) is 7.66. The fourth-order valence-electron chi connectivity index (χ4n) is 3.00. The zero-order valence-electron chi connectivity index (χ0n) is 15.1. The van der Waals surface area contributed by atoms with Gasteiger partial charge in [-0.15, -0.1) is 10.2 Å². The van der Waals surface area contributed by atoms with Crippen LogP contribution in [0.15, 0.2) is 40.6 Å². The standard InChI is InChI=1S/C18H18N6O2S/c1-10-4-6-13(7-5-10)16-14(9-15(25)26)27-18-20-19-17(24(18)22-16)23-12(3)8-11(2)21-23/h4-8,14H,9H2,1-3H3,(H,25,26). The van der Waals surface area contributed by atoms with Gasteiger partial charge in [-0.25, -0.2) is 4.68 Å². The largest absolute Gasteiger partial charge is 0.481 e. The molecule has 138 valence electrons. The minimum absolute atomic E-state index is 0.0422. The van der Waals surface area contributed by atoms with E-state index in [1.54, 1.807) is 9.36 Å². The summed E-state index contributed by atoms with van der Waals surface area (Å²) in [5, 5.41) is 27.2. The number of benzene rings is 1. The molecule has 3 aromatic rings. The zero-order chi connectivity index (χ0) is 19.1. The first-order chi connectivity index (χ1) is 12.9. The number of aromatic nitrogens is 5. The van der Waals surface area contributed by atoms with Crippen molar-refractivity contribution in [3.8, 4) is 5.95 Å². The van der Waals surface area contributed by atoms with Crippen LogP contribution in [0.5, 0.6) is 0 Å². The zero-order valence-corrected chi connectivity index (χ0v) is 15.9. The van der Waals surface area contributed by atoms with E-state index in [1.165, 1.54) is 11.8 Å². The molecule has 0 bridgehead atoms.